The number of halogens is 1. The number of nitrogens with zero attached hydrogens (tertiary/aromatic N) is 2. The van der Waals surface area contributed by atoms with Crippen molar-refractivity contribution in [2.45, 2.75) is 19.4 Å². The molecule has 4 aromatic rings. The molecule has 3 N–H and O–H groups in total. The molecule has 0 saturated heterocycles. The molecule has 6 nitrogen and oxygen atoms in total. The third-order valence-electron chi connectivity index (χ3n) is 5.81. The van der Waals surface area contributed by atoms with Crippen molar-refractivity contribution >= 4 is 11.6 Å². The van der Waals surface area contributed by atoms with Gasteiger partial charge in [-0.2, -0.15) is 5.26 Å². The van der Waals surface area contributed by atoms with Gasteiger partial charge in [0.15, 0.2) is 0 Å². The fourth-order valence-corrected chi connectivity index (χ4v) is 4.15. The number of nitrogens with two attached hydrogens (primary N) is 1. The van der Waals surface area contributed by atoms with Crippen LogP contribution in [0.4, 0.5) is 0 Å². The number of allylic oxidation sites excluding steroid dienone is 1. The molecule has 0 aliphatic carbocycles. The summed E-state index contributed by atoms with van der Waals surface area (Å²) < 4.78 is 11.6. The quantitative estimate of drug-likeness (QED) is 0.383. The molecular weight excluding hydrogens is 448 g/mol. The number of H-pyrrole nitrogens is 1. The van der Waals surface area contributed by atoms with Crippen molar-refractivity contribution in [2.75, 3.05) is 0 Å². The smallest absolute Gasteiger partial charge is 0.244 e. The average molecular weight is 469 g/mol. The largest absolute Gasteiger partial charge is 0.489 e. The van der Waals surface area contributed by atoms with E-state index in [9.17, 15) is 5.26 Å². The molecule has 34 heavy (non-hydrogen) atoms. The van der Waals surface area contributed by atoms with Gasteiger partial charge < -0.3 is 15.2 Å². The van der Waals surface area contributed by atoms with E-state index in [4.69, 9.17) is 26.8 Å². The number of nitriles is 1. The van der Waals surface area contributed by atoms with Crippen molar-refractivity contribution in [1.29, 1.82) is 5.26 Å². The van der Waals surface area contributed by atoms with Crippen molar-refractivity contribution in [3.8, 4) is 29.0 Å². The molecule has 0 saturated carbocycles. The molecule has 1 aliphatic rings. The fourth-order valence-electron chi connectivity index (χ4n) is 4.02. The van der Waals surface area contributed by atoms with Crippen LogP contribution in [0.3, 0.4) is 0 Å². The second kappa shape index (κ2) is 8.97. The van der Waals surface area contributed by atoms with Crippen molar-refractivity contribution in [2.24, 2.45) is 5.73 Å². The van der Waals surface area contributed by atoms with Gasteiger partial charge in [0, 0.05) is 10.6 Å². The molecule has 0 radical (unpaired) electrons. The number of hydrogen-bond donors (Lipinski definition) is 2. The standard InChI is InChI=1S/C27H21ClN4O2/c1-16-2-4-17(5-3-16)15-33-21-12-8-18(9-13-21)23-22(14-29)26(30)34-27-24(23)25(31-32-27)19-6-10-20(28)11-7-19/h2-13,23H,15,30H2,1H3,(H,31,32)/t23-/m1/s1. The van der Waals surface area contributed by atoms with Crippen LogP contribution in [0.2, 0.25) is 5.02 Å². The summed E-state index contributed by atoms with van der Waals surface area (Å²) in [6.07, 6.45) is 0. The molecule has 0 spiro atoms. The van der Waals surface area contributed by atoms with Gasteiger partial charge in [0.1, 0.15) is 24.0 Å². The SMILES string of the molecule is Cc1ccc(COc2ccc([C@@H]3C(C#N)=C(N)Oc4n[nH]c(-c5ccc(Cl)cc5)c43)cc2)cc1. The van der Waals surface area contributed by atoms with E-state index in [0.717, 1.165) is 33.7 Å². The maximum atomic E-state index is 9.90. The molecular formula is C27H21ClN4O2. The molecule has 1 atom stereocenters. The summed E-state index contributed by atoms with van der Waals surface area (Å²) in [5, 5.41) is 17.9. The predicted octanol–water partition coefficient (Wildman–Crippen LogP) is 5.84. The number of nitrogens with one attached hydrogen (secondary N) is 1. The fraction of sp³-hybridized carbons (Fsp3) is 0.111. The minimum absolute atomic E-state index is 0.0499. The Balaban J connectivity index is 1.48. The average Bonchev–Trinajstić information content (AvgIpc) is 3.27. The minimum atomic E-state index is -0.440. The molecule has 3 aromatic carbocycles. The zero-order chi connectivity index (χ0) is 23.7. The molecule has 5 rings (SSSR count). The molecule has 7 heteroatoms. The molecule has 0 unspecified atom stereocenters. The first-order valence-electron chi connectivity index (χ1n) is 10.7. The van der Waals surface area contributed by atoms with Crippen molar-refractivity contribution in [3.63, 3.8) is 0 Å². The highest BCUT2D eigenvalue weighted by Gasteiger charge is 2.35. The third-order valence-corrected chi connectivity index (χ3v) is 6.06. The molecule has 0 bridgehead atoms. The Labute approximate surface area is 202 Å². The van der Waals surface area contributed by atoms with E-state index in [1.807, 2.05) is 36.4 Å². The zero-order valence-corrected chi connectivity index (χ0v) is 19.1. The van der Waals surface area contributed by atoms with Gasteiger partial charge in [0.25, 0.3) is 0 Å². The van der Waals surface area contributed by atoms with Crippen molar-refractivity contribution in [1.82, 2.24) is 10.2 Å². The molecule has 168 valence electrons. The van der Waals surface area contributed by atoms with E-state index < -0.39 is 5.92 Å². The van der Waals surface area contributed by atoms with E-state index in [-0.39, 0.29) is 5.88 Å². The molecule has 2 heterocycles. The Kier molecular flexibility index (Phi) is 5.70. The second-order valence-electron chi connectivity index (χ2n) is 8.09. The van der Waals surface area contributed by atoms with Gasteiger partial charge >= 0.3 is 0 Å². The number of aromatic amines is 1. The number of aromatic nitrogens is 2. The monoisotopic (exact) mass is 468 g/mol. The van der Waals surface area contributed by atoms with Crippen molar-refractivity contribution < 1.29 is 9.47 Å². The lowest BCUT2D eigenvalue weighted by atomic mass is 9.83. The number of ether oxygens (including phenoxy) is 2. The topological polar surface area (TPSA) is 96.9 Å². The highest BCUT2D eigenvalue weighted by molar-refractivity contribution is 6.30. The van der Waals surface area contributed by atoms with Crippen LogP contribution in [0.1, 0.15) is 28.2 Å². The summed E-state index contributed by atoms with van der Waals surface area (Å²) in [6, 6.07) is 25.5. The van der Waals surface area contributed by atoms with Crippen LogP contribution in [0, 0.1) is 18.3 Å². The van der Waals surface area contributed by atoms with Gasteiger partial charge in [-0.1, -0.05) is 65.7 Å². The Morgan fingerprint density at radius 2 is 1.76 bits per heavy atom. The molecule has 1 aromatic heterocycles. The van der Waals surface area contributed by atoms with Gasteiger partial charge in [-0.15, -0.1) is 5.10 Å². The first kappa shape index (κ1) is 21.6. The Morgan fingerprint density at radius 1 is 1.06 bits per heavy atom. The van der Waals surface area contributed by atoms with E-state index in [2.05, 4.69) is 47.5 Å². The molecule has 1 aliphatic heterocycles. The third kappa shape index (κ3) is 4.09. The van der Waals surface area contributed by atoms with Crippen molar-refractivity contribution in [3.05, 3.63) is 112 Å². The predicted molar refractivity (Wildman–Crippen MR) is 130 cm³/mol. The first-order valence-corrected chi connectivity index (χ1v) is 11.1. The zero-order valence-electron chi connectivity index (χ0n) is 18.4. The number of benzene rings is 3. The van der Waals surface area contributed by atoms with Crippen LogP contribution in [0.25, 0.3) is 11.3 Å². The lowest BCUT2D eigenvalue weighted by molar-refractivity contribution is 0.306. The van der Waals surface area contributed by atoms with Crippen LogP contribution in [0.5, 0.6) is 11.6 Å². The van der Waals surface area contributed by atoms with Gasteiger partial charge in [0.2, 0.25) is 11.8 Å². The van der Waals surface area contributed by atoms with E-state index in [1.165, 1.54) is 5.56 Å². The Hall–Kier alpha value is -4.21. The summed E-state index contributed by atoms with van der Waals surface area (Å²) >= 11 is 6.06. The number of hydrogen-bond acceptors (Lipinski definition) is 5. The molecule has 0 amide bonds. The highest BCUT2D eigenvalue weighted by atomic mass is 35.5. The van der Waals surface area contributed by atoms with Crippen LogP contribution >= 0.6 is 11.6 Å². The summed E-state index contributed by atoms with van der Waals surface area (Å²) in [5.74, 6) is 0.696. The van der Waals surface area contributed by atoms with Crippen LogP contribution < -0.4 is 15.2 Å². The number of rotatable bonds is 5. The van der Waals surface area contributed by atoms with Crippen LogP contribution in [-0.2, 0) is 6.61 Å². The lowest BCUT2D eigenvalue weighted by Crippen LogP contribution is -2.21. The highest BCUT2D eigenvalue weighted by Crippen LogP contribution is 2.45. The van der Waals surface area contributed by atoms with E-state index >= 15 is 0 Å². The number of aryl methyl sites for hydroxylation is 1. The Morgan fingerprint density at radius 3 is 2.44 bits per heavy atom. The Bertz CT molecular complexity index is 1400. The van der Waals surface area contributed by atoms with Gasteiger partial charge in [-0.05, 0) is 42.3 Å². The van der Waals surface area contributed by atoms with Crippen LogP contribution in [-0.4, -0.2) is 10.2 Å². The summed E-state index contributed by atoms with van der Waals surface area (Å²) in [5.41, 5.74) is 12.0. The maximum absolute atomic E-state index is 9.90. The number of fused-ring (bicyclic) bond motifs is 1. The van der Waals surface area contributed by atoms with E-state index in [1.54, 1.807) is 12.1 Å². The first-order chi connectivity index (χ1) is 16.5. The van der Waals surface area contributed by atoms with E-state index in [0.29, 0.717) is 23.1 Å². The maximum Gasteiger partial charge on any atom is 0.244 e. The van der Waals surface area contributed by atoms with Gasteiger partial charge in [-0.25, -0.2) is 0 Å². The van der Waals surface area contributed by atoms with Gasteiger partial charge in [0.05, 0.1) is 17.2 Å². The summed E-state index contributed by atoms with van der Waals surface area (Å²) in [6.45, 7) is 2.53. The normalized spacial score (nSPS) is 14.8. The lowest BCUT2D eigenvalue weighted by Gasteiger charge is -2.24. The minimum Gasteiger partial charge on any atom is -0.489 e. The van der Waals surface area contributed by atoms with Gasteiger partial charge in [-0.3, -0.25) is 5.10 Å². The van der Waals surface area contributed by atoms with Crippen LogP contribution in [0.15, 0.2) is 84.3 Å². The summed E-state index contributed by atoms with van der Waals surface area (Å²) in [4.78, 5) is 0. The second-order valence-corrected chi connectivity index (χ2v) is 8.53. The molecule has 0 fully saturated rings. The summed E-state index contributed by atoms with van der Waals surface area (Å²) in [7, 11) is 0.